The Balaban J connectivity index is 2.85. The van der Waals surface area contributed by atoms with Crippen LogP contribution in [0.15, 0.2) is 6.33 Å². The normalized spacial score (nSPS) is 13.0. The predicted molar refractivity (Wildman–Crippen MR) is 91.9 cm³/mol. The van der Waals surface area contributed by atoms with Crippen molar-refractivity contribution in [3.63, 3.8) is 0 Å². The largest absolute Gasteiger partial charge is 0.370 e. The minimum absolute atomic E-state index is 0.300. The van der Waals surface area contributed by atoms with E-state index in [0.717, 1.165) is 44.0 Å². The summed E-state index contributed by atoms with van der Waals surface area (Å²) in [5.41, 5.74) is 1.52. The van der Waals surface area contributed by atoms with Crippen LogP contribution in [0.5, 0.6) is 0 Å². The van der Waals surface area contributed by atoms with Crippen molar-refractivity contribution in [1.29, 1.82) is 0 Å². The van der Waals surface area contributed by atoms with E-state index < -0.39 is 0 Å². The van der Waals surface area contributed by atoms with Crippen LogP contribution in [-0.4, -0.2) is 23.1 Å². The second kappa shape index (κ2) is 8.20. The van der Waals surface area contributed by atoms with Gasteiger partial charge >= 0.3 is 0 Å². The summed E-state index contributed by atoms with van der Waals surface area (Å²) in [6.07, 6.45) is 4.84. The van der Waals surface area contributed by atoms with Crippen LogP contribution in [0.1, 0.15) is 59.9 Å². The average molecular weight is 292 g/mol. The molecule has 1 heterocycles. The lowest BCUT2D eigenvalue weighted by atomic mass is 9.82. The van der Waals surface area contributed by atoms with Crippen LogP contribution >= 0.6 is 0 Å². The molecule has 0 saturated carbocycles. The quantitative estimate of drug-likeness (QED) is 0.748. The monoisotopic (exact) mass is 292 g/mol. The van der Waals surface area contributed by atoms with Crippen LogP contribution in [0.3, 0.4) is 0 Å². The van der Waals surface area contributed by atoms with Gasteiger partial charge in [0.1, 0.15) is 18.0 Å². The third kappa shape index (κ3) is 5.52. The molecule has 0 spiro atoms. The Morgan fingerprint density at radius 1 is 1.05 bits per heavy atom. The smallest absolute Gasteiger partial charge is 0.134 e. The van der Waals surface area contributed by atoms with Gasteiger partial charge in [-0.15, -0.1) is 0 Å². The zero-order chi connectivity index (χ0) is 15.9. The van der Waals surface area contributed by atoms with Crippen molar-refractivity contribution < 1.29 is 0 Å². The molecular weight excluding hydrogens is 260 g/mol. The van der Waals surface area contributed by atoms with Gasteiger partial charge in [-0.3, -0.25) is 0 Å². The summed E-state index contributed by atoms with van der Waals surface area (Å²) >= 11 is 0. The van der Waals surface area contributed by atoms with Crippen LogP contribution in [0.4, 0.5) is 11.6 Å². The first-order valence-corrected chi connectivity index (χ1v) is 8.21. The van der Waals surface area contributed by atoms with Gasteiger partial charge < -0.3 is 10.6 Å². The standard InChI is InChI=1S/C17H32N4/c1-7-9-14-15(18-10-8-2)20-12-21-16(14)19-11-13(3)17(4,5)6/h12-13H,7-11H2,1-6H3,(H2,18,19,20,21). The maximum atomic E-state index is 4.46. The highest BCUT2D eigenvalue weighted by atomic mass is 15.1. The number of hydrogen-bond donors (Lipinski definition) is 2. The molecule has 4 heteroatoms. The van der Waals surface area contributed by atoms with E-state index >= 15 is 0 Å². The van der Waals surface area contributed by atoms with Crippen molar-refractivity contribution in [2.75, 3.05) is 23.7 Å². The number of nitrogens with zero attached hydrogens (tertiary/aromatic N) is 2. The molecule has 1 unspecified atom stereocenters. The molecule has 0 aliphatic carbocycles. The van der Waals surface area contributed by atoms with E-state index in [1.807, 2.05) is 0 Å². The summed E-state index contributed by atoms with van der Waals surface area (Å²) in [6, 6.07) is 0. The number of rotatable bonds is 8. The lowest BCUT2D eigenvalue weighted by Gasteiger charge is -2.28. The SMILES string of the molecule is CCCNc1ncnc(NCC(C)C(C)(C)C)c1CCC. The highest BCUT2D eigenvalue weighted by molar-refractivity contribution is 5.57. The zero-order valence-electron chi connectivity index (χ0n) is 14.6. The maximum absolute atomic E-state index is 4.46. The molecular formula is C17H32N4. The Hall–Kier alpha value is -1.32. The van der Waals surface area contributed by atoms with Crippen LogP contribution in [0.2, 0.25) is 0 Å². The predicted octanol–water partition coefficient (Wildman–Crippen LogP) is 4.35. The molecule has 4 nitrogen and oxygen atoms in total. The van der Waals surface area contributed by atoms with E-state index in [1.165, 1.54) is 5.56 Å². The van der Waals surface area contributed by atoms with Gasteiger partial charge in [0, 0.05) is 18.7 Å². The molecule has 0 amide bonds. The van der Waals surface area contributed by atoms with Gasteiger partial charge in [0.25, 0.3) is 0 Å². The molecule has 120 valence electrons. The molecule has 1 aromatic rings. The van der Waals surface area contributed by atoms with Crippen molar-refractivity contribution >= 4 is 11.6 Å². The lowest BCUT2D eigenvalue weighted by molar-refractivity contribution is 0.274. The summed E-state index contributed by atoms with van der Waals surface area (Å²) in [6.45, 7) is 15.4. The average Bonchev–Trinajstić information content (AvgIpc) is 2.43. The van der Waals surface area contributed by atoms with E-state index in [4.69, 9.17) is 0 Å². The van der Waals surface area contributed by atoms with Crippen molar-refractivity contribution in [1.82, 2.24) is 9.97 Å². The zero-order valence-corrected chi connectivity index (χ0v) is 14.6. The first-order valence-electron chi connectivity index (χ1n) is 8.21. The topological polar surface area (TPSA) is 49.8 Å². The van der Waals surface area contributed by atoms with E-state index in [1.54, 1.807) is 6.33 Å². The molecule has 0 saturated heterocycles. The van der Waals surface area contributed by atoms with Gasteiger partial charge in [-0.1, -0.05) is 48.0 Å². The van der Waals surface area contributed by atoms with Gasteiger partial charge in [-0.2, -0.15) is 0 Å². The Labute approximate surface area is 130 Å². The van der Waals surface area contributed by atoms with Gasteiger partial charge in [-0.05, 0) is 24.2 Å². The molecule has 1 aromatic heterocycles. The molecule has 1 atom stereocenters. The molecule has 2 N–H and O–H groups in total. The van der Waals surface area contributed by atoms with E-state index in [9.17, 15) is 0 Å². The van der Waals surface area contributed by atoms with Crippen molar-refractivity contribution in [2.24, 2.45) is 11.3 Å². The number of hydrogen-bond acceptors (Lipinski definition) is 4. The maximum Gasteiger partial charge on any atom is 0.134 e. The molecule has 0 fully saturated rings. The minimum Gasteiger partial charge on any atom is -0.370 e. The van der Waals surface area contributed by atoms with Crippen molar-refractivity contribution in [3.8, 4) is 0 Å². The Bertz CT molecular complexity index is 423. The van der Waals surface area contributed by atoms with Crippen LogP contribution in [0.25, 0.3) is 0 Å². The fraction of sp³-hybridized carbons (Fsp3) is 0.765. The molecule has 0 aliphatic rings. The summed E-state index contributed by atoms with van der Waals surface area (Å²) in [7, 11) is 0. The third-order valence-electron chi connectivity index (χ3n) is 4.04. The van der Waals surface area contributed by atoms with Gasteiger partial charge in [0.2, 0.25) is 0 Å². The molecule has 1 rings (SSSR count). The summed E-state index contributed by atoms with van der Waals surface area (Å²) in [4.78, 5) is 8.87. The Kier molecular flexibility index (Phi) is 6.93. The summed E-state index contributed by atoms with van der Waals surface area (Å²) in [5, 5.41) is 6.94. The lowest BCUT2D eigenvalue weighted by Crippen LogP contribution is -2.25. The van der Waals surface area contributed by atoms with E-state index in [2.05, 4.69) is 62.1 Å². The molecule has 0 radical (unpaired) electrons. The first kappa shape index (κ1) is 17.7. The third-order valence-corrected chi connectivity index (χ3v) is 4.04. The van der Waals surface area contributed by atoms with E-state index in [0.29, 0.717) is 11.3 Å². The van der Waals surface area contributed by atoms with Crippen LogP contribution in [0, 0.1) is 11.3 Å². The number of anilines is 2. The fourth-order valence-electron chi connectivity index (χ4n) is 2.00. The van der Waals surface area contributed by atoms with Crippen molar-refractivity contribution in [2.45, 2.75) is 60.8 Å². The first-order chi connectivity index (χ1) is 9.90. The van der Waals surface area contributed by atoms with Crippen LogP contribution < -0.4 is 10.6 Å². The highest BCUT2D eigenvalue weighted by Gasteiger charge is 2.20. The van der Waals surface area contributed by atoms with Crippen molar-refractivity contribution in [3.05, 3.63) is 11.9 Å². The highest BCUT2D eigenvalue weighted by Crippen LogP contribution is 2.27. The fourth-order valence-corrected chi connectivity index (χ4v) is 2.00. The molecule has 0 aromatic carbocycles. The Morgan fingerprint density at radius 3 is 2.19 bits per heavy atom. The minimum atomic E-state index is 0.300. The molecule has 0 aliphatic heterocycles. The van der Waals surface area contributed by atoms with Gasteiger partial charge in [0.15, 0.2) is 0 Å². The summed E-state index contributed by atoms with van der Waals surface area (Å²) < 4.78 is 0. The number of nitrogens with one attached hydrogen (secondary N) is 2. The van der Waals surface area contributed by atoms with Crippen LogP contribution in [-0.2, 0) is 6.42 Å². The van der Waals surface area contributed by atoms with Gasteiger partial charge in [-0.25, -0.2) is 9.97 Å². The van der Waals surface area contributed by atoms with Gasteiger partial charge in [0.05, 0.1) is 0 Å². The molecule has 21 heavy (non-hydrogen) atoms. The second-order valence-corrected chi connectivity index (χ2v) is 6.87. The second-order valence-electron chi connectivity index (χ2n) is 6.87. The Morgan fingerprint density at radius 2 is 1.67 bits per heavy atom. The summed E-state index contributed by atoms with van der Waals surface area (Å²) in [5.74, 6) is 2.55. The number of aromatic nitrogens is 2. The molecule has 0 bridgehead atoms. The van der Waals surface area contributed by atoms with E-state index in [-0.39, 0.29) is 0 Å².